The highest BCUT2D eigenvalue weighted by Gasteiger charge is 2.16. The van der Waals surface area contributed by atoms with E-state index in [9.17, 15) is 9.59 Å². The highest BCUT2D eigenvalue weighted by Crippen LogP contribution is 2.10. The maximum atomic E-state index is 12.5. The van der Waals surface area contributed by atoms with E-state index in [1.807, 2.05) is 49.9 Å². The summed E-state index contributed by atoms with van der Waals surface area (Å²) in [7, 11) is 0. The Morgan fingerprint density at radius 3 is 2.04 bits per heavy atom. The summed E-state index contributed by atoms with van der Waals surface area (Å²) in [6.07, 6.45) is 1.45. The fraction of sp³-hybridized carbons (Fsp3) is 0.579. The van der Waals surface area contributed by atoms with Gasteiger partial charge in [0.15, 0.2) is 0 Å². The summed E-state index contributed by atoms with van der Waals surface area (Å²) in [5.41, 5.74) is 1.09. The number of ether oxygens (including phenoxy) is 1. The van der Waals surface area contributed by atoms with Crippen LogP contribution >= 0.6 is 0 Å². The van der Waals surface area contributed by atoms with Gasteiger partial charge in [0.1, 0.15) is 5.60 Å². The van der Waals surface area contributed by atoms with Crippen molar-refractivity contribution in [3.05, 3.63) is 35.4 Å². The number of amides is 2. The summed E-state index contributed by atoms with van der Waals surface area (Å²) in [6.45, 7) is 11.5. The van der Waals surface area contributed by atoms with Gasteiger partial charge in [-0.05, 0) is 51.3 Å². The van der Waals surface area contributed by atoms with Crippen LogP contribution in [0.3, 0.4) is 0 Å². The largest absolute Gasteiger partial charge is 0.444 e. The Bertz CT molecular complexity index is 527. The van der Waals surface area contributed by atoms with Gasteiger partial charge in [0, 0.05) is 25.2 Å². The average molecular weight is 334 g/mol. The lowest BCUT2D eigenvalue weighted by Crippen LogP contribution is -2.32. The molecule has 0 heterocycles. The van der Waals surface area contributed by atoms with Crippen LogP contribution in [0.1, 0.15) is 63.4 Å². The van der Waals surface area contributed by atoms with Gasteiger partial charge in [0.05, 0.1) is 0 Å². The van der Waals surface area contributed by atoms with E-state index in [2.05, 4.69) is 19.2 Å². The minimum Gasteiger partial charge on any atom is -0.444 e. The Kier molecular flexibility index (Phi) is 7.75. The Morgan fingerprint density at radius 1 is 1.04 bits per heavy atom. The lowest BCUT2D eigenvalue weighted by Gasteiger charge is -2.21. The first-order chi connectivity index (χ1) is 11.3. The molecule has 0 radical (unpaired) electrons. The molecule has 134 valence electrons. The van der Waals surface area contributed by atoms with Gasteiger partial charge in [-0.3, -0.25) is 4.79 Å². The molecule has 1 aromatic rings. The molecule has 0 saturated heterocycles. The lowest BCUT2D eigenvalue weighted by atomic mass is 10.1. The number of hydrogen-bond acceptors (Lipinski definition) is 3. The molecule has 0 unspecified atom stereocenters. The second-order valence-corrected chi connectivity index (χ2v) is 6.84. The first-order valence-corrected chi connectivity index (χ1v) is 8.62. The molecule has 0 aliphatic heterocycles. The van der Waals surface area contributed by atoms with Crippen LogP contribution in [-0.4, -0.2) is 35.6 Å². The van der Waals surface area contributed by atoms with E-state index in [0.717, 1.165) is 31.5 Å². The third-order valence-corrected chi connectivity index (χ3v) is 3.31. The number of nitrogens with one attached hydrogen (secondary N) is 1. The minimum atomic E-state index is -0.512. The summed E-state index contributed by atoms with van der Waals surface area (Å²) in [5.74, 6) is 0.0605. The predicted molar refractivity (Wildman–Crippen MR) is 96.0 cm³/mol. The van der Waals surface area contributed by atoms with Gasteiger partial charge < -0.3 is 15.0 Å². The molecule has 0 atom stereocenters. The van der Waals surface area contributed by atoms with Crippen molar-refractivity contribution < 1.29 is 14.3 Å². The molecule has 1 N–H and O–H groups in total. The van der Waals surface area contributed by atoms with Crippen molar-refractivity contribution in [3.8, 4) is 0 Å². The van der Waals surface area contributed by atoms with Crippen LogP contribution in [0, 0.1) is 0 Å². The summed E-state index contributed by atoms with van der Waals surface area (Å²) in [6, 6.07) is 7.35. The zero-order chi connectivity index (χ0) is 18.2. The molecule has 0 aromatic heterocycles. The molecule has 5 nitrogen and oxygen atoms in total. The maximum absolute atomic E-state index is 12.5. The molecular formula is C19H30N2O3. The van der Waals surface area contributed by atoms with Crippen molar-refractivity contribution in [1.82, 2.24) is 10.2 Å². The number of nitrogens with zero attached hydrogens (tertiary/aromatic N) is 1. The van der Waals surface area contributed by atoms with Crippen LogP contribution in [0.15, 0.2) is 24.3 Å². The monoisotopic (exact) mass is 334 g/mol. The standard InChI is InChI=1S/C19H30N2O3/c1-6-12-21(13-7-2)17(22)16-10-8-15(9-11-16)14-20-18(23)24-19(3,4)5/h8-11H,6-7,12-14H2,1-5H3,(H,20,23). The number of benzene rings is 1. The molecule has 5 heteroatoms. The molecule has 0 fully saturated rings. The van der Waals surface area contributed by atoms with Crippen LogP contribution in [0.2, 0.25) is 0 Å². The van der Waals surface area contributed by atoms with Crippen LogP contribution in [0.25, 0.3) is 0 Å². The van der Waals surface area contributed by atoms with Crippen LogP contribution in [-0.2, 0) is 11.3 Å². The Morgan fingerprint density at radius 2 is 1.58 bits per heavy atom. The summed E-state index contributed by atoms with van der Waals surface area (Å²) >= 11 is 0. The van der Waals surface area contributed by atoms with Gasteiger partial charge >= 0.3 is 6.09 Å². The number of hydrogen-bond donors (Lipinski definition) is 1. The van der Waals surface area contributed by atoms with E-state index in [-0.39, 0.29) is 5.91 Å². The Hall–Kier alpha value is -2.04. The van der Waals surface area contributed by atoms with Gasteiger partial charge in [0.25, 0.3) is 5.91 Å². The minimum absolute atomic E-state index is 0.0605. The second kappa shape index (κ2) is 9.30. The van der Waals surface area contributed by atoms with Crippen molar-refractivity contribution in [2.45, 2.75) is 59.6 Å². The van der Waals surface area contributed by atoms with Crippen molar-refractivity contribution in [1.29, 1.82) is 0 Å². The quantitative estimate of drug-likeness (QED) is 0.820. The van der Waals surface area contributed by atoms with E-state index in [0.29, 0.717) is 12.1 Å². The summed E-state index contributed by atoms with van der Waals surface area (Å²) in [5, 5.41) is 2.71. The Labute approximate surface area is 145 Å². The van der Waals surface area contributed by atoms with E-state index in [4.69, 9.17) is 4.74 Å². The van der Waals surface area contributed by atoms with E-state index >= 15 is 0 Å². The molecule has 2 amide bonds. The molecule has 0 saturated carbocycles. The SMILES string of the molecule is CCCN(CCC)C(=O)c1ccc(CNC(=O)OC(C)(C)C)cc1. The first-order valence-electron chi connectivity index (χ1n) is 8.62. The highest BCUT2D eigenvalue weighted by atomic mass is 16.6. The molecule has 1 rings (SSSR count). The number of carbonyl (C=O) groups is 2. The van der Waals surface area contributed by atoms with Gasteiger partial charge in [-0.1, -0.05) is 26.0 Å². The fourth-order valence-corrected chi connectivity index (χ4v) is 2.29. The zero-order valence-electron chi connectivity index (χ0n) is 15.5. The fourth-order valence-electron chi connectivity index (χ4n) is 2.29. The number of carbonyl (C=O) groups excluding carboxylic acids is 2. The molecule has 0 aliphatic rings. The van der Waals surface area contributed by atoms with Gasteiger partial charge in [-0.2, -0.15) is 0 Å². The van der Waals surface area contributed by atoms with E-state index in [1.165, 1.54) is 0 Å². The molecule has 0 spiro atoms. The van der Waals surface area contributed by atoms with Crippen LogP contribution in [0.4, 0.5) is 4.79 Å². The number of alkyl carbamates (subject to hydrolysis) is 1. The predicted octanol–water partition coefficient (Wildman–Crippen LogP) is 3.97. The Balaban J connectivity index is 2.62. The van der Waals surface area contributed by atoms with E-state index in [1.54, 1.807) is 0 Å². The van der Waals surface area contributed by atoms with Gasteiger partial charge in [-0.25, -0.2) is 4.79 Å². The molecular weight excluding hydrogens is 304 g/mol. The summed E-state index contributed by atoms with van der Waals surface area (Å²) < 4.78 is 5.20. The smallest absolute Gasteiger partial charge is 0.407 e. The second-order valence-electron chi connectivity index (χ2n) is 6.84. The topological polar surface area (TPSA) is 58.6 Å². The highest BCUT2D eigenvalue weighted by molar-refractivity contribution is 5.94. The lowest BCUT2D eigenvalue weighted by molar-refractivity contribution is 0.0523. The van der Waals surface area contributed by atoms with Crippen LogP contribution in [0.5, 0.6) is 0 Å². The molecule has 0 bridgehead atoms. The number of rotatable bonds is 7. The normalized spacial score (nSPS) is 11.0. The van der Waals surface area contributed by atoms with Crippen LogP contribution < -0.4 is 5.32 Å². The van der Waals surface area contributed by atoms with Crippen molar-refractivity contribution in [2.24, 2.45) is 0 Å². The van der Waals surface area contributed by atoms with Gasteiger partial charge in [0.2, 0.25) is 0 Å². The first kappa shape index (κ1) is 20.0. The molecule has 0 aliphatic carbocycles. The molecule has 24 heavy (non-hydrogen) atoms. The van der Waals surface area contributed by atoms with E-state index < -0.39 is 11.7 Å². The van der Waals surface area contributed by atoms with Crippen molar-refractivity contribution in [2.75, 3.05) is 13.1 Å². The summed E-state index contributed by atoms with van der Waals surface area (Å²) in [4.78, 5) is 26.0. The van der Waals surface area contributed by atoms with Gasteiger partial charge in [-0.15, -0.1) is 0 Å². The third-order valence-electron chi connectivity index (χ3n) is 3.31. The molecule has 1 aromatic carbocycles. The van der Waals surface area contributed by atoms with Crippen molar-refractivity contribution in [3.63, 3.8) is 0 Å². The zero-order valence-corrected chi connectivity index (χ0v) is 15.5. The maximum Gasteiger partial charge on any atom is 0.407 e. The van der Waals surface area contributed by atoms with Crippen molar-refractivity contribution >= 4 is 12.0 Å². The average Bonchev–Trinajstić information content (AvgIpc) is 2.51. The third kappa shape index (κ3) is 7.02.